The van der Waals surface area contributed by atoms with Crippen molar-refractivity contribution >= 4 is 30.3 Å². The van der Waals surface area contributed by atoms with Crippen LogP contribution in [0.2, 0.25) is 0 Å². The van der Waals surface area contributed by atoms with E-state index in [4.69, 9.17) is 29.2 Å². The Balaban J connectivity index is 3.45. The van der Waals surface area contributed by atoms with Gasteiger partial charge >= 0.3 is 7.60 Å². The summed E-state index contributed by atoms with van der Waals surface area (Å²) in [7, 11) is 3.47. The SMILES string of the molecule is [B][C@@H]1O[C@H](CC(C)(CC)OP([B])(=O)C(CC)(CC)C(C)(CC)OP(=O)(O)[C@@](C)(O)CC)[C@@H](O)[C@H]1O. The van der Waals surface area contributed by atoms with Crippen molar-refractivity contribution in [2.75, 3.05) is 0 Å². The van der Waals surface area contributed by atoms with E-state index in [9.17, 15) is 29.3 Å². The number of aliphatic hydroxyl groups excluding tert-OH is 2. The molecule has 0 amide bonds. The summed E-state index contributed by atoms with van der Waals surface area (Å²) in [4.78, 5) is 10.7. The van der Waals surface area contributed by atoms with Crippen LogP contribution in [0.1, 0.15) is 93.9 Å². The fourth-order valence-electron chi connectivity index (χ4n) is 4.85. The first-order chi connectivity index (χ1) is 15.8. The maximum absolute atomic E-state index is 14.3. The van der Waals surface area contributed by atoms with Crippen LogP contribution in [0.4, 0.5) is 0 Å². The van der Waals surface area contributed by atoms with Crippen LogP contribution in [-0.4, -0.2) is 81.6 Å². The van der Waals surface area contributed by atoms with Crippen molar-refractivity contribution in [2.24, 2.45) is 0 Å². The van der Waals surface area contributed by atoms with Crippen LogP contribution in [0.25, 0.3) is 0 Å². The predicted molar refractivity (Wildman–Crippen MR) is 138 cm³/mol. The second-order valence-corrected chi connectivity index (χ2v) is 14.7. The van der Waals surface area contributed by atoms with Gasteiger partial charge in [-0.3, -0.25) is 9.09 Å². The van der Waals surface area contributed by atoms with Gasteiger partial charge in [-0.25, -0.2) is 0 Å². The molecule has 0 saturated carbocycles. The second kappa shape index (κ2) is 11.6. The Kier molecular flexibility index (Phi) is 11.0. The number of hydrogen-bond donors (Lipinski definition) is 4. The van der Waals surface area contributed by atoms with Gasteiger partial charge in [0.1, 0.15) is 14.0 Å². The zero-order valence-corrected chi connectivity index (χ0v) is 24.2. The topological polar surface area (TPSA) is 143 Å². The lowest BCUT2D eigenvalue weighted by molar-refractivity contribution is -0.0402. The van der Waals surface area contributed by atoms with E-state index in [1.807, 2.05) is 0 Å². The van der Waals surface area contributed by atoms with Crippen molar-refractivity contribution in [1.29, 1.82) is 0 Å². The normalized spacial score (nSPS) is 32.1. The molecular weight excluding hydrogens is 492 g/mol. The first-order valence-corrected chi connectivity index (χ1v) is 15.7. The molecular formula is C22H44B2O9P2. The standard InChI is InChI=1S/C22H44B2O9P2/c1-9-19(6,14-15-16(25)17(26)18(23)31-15)32-34(24,28)22(12-4,13-5)20(7,10-2)33-35(29,30)21(8,27)11-3/h15-18,25-27H,9-14H2,1-8H3,(H,29,30)/t15-,16-,17-,18-,19?,20?,21-,34?/m1/s1. The van der Waals surface area contributed by atoms with Crippen LogP contribution in [0.3, 0.4) is 0 Å². The third-order valence-corrected chi connectivity index (χ3v) is 13.4. The summed E-state index contributed by atoms with van der Waals surface area (Å²) in [6.07, 6.45) is -2.48. The molecule has 13 heteroatoms. The van der Waals surface area contributed by atoms with E-state index in [1.165, 1.54) is 6.92 Å². The number of rotatable bonds is 14. The summed E-state index contributed by atoms with van der Waals surface area (Å²) in [6, 6.07) is -1.06. The molecule has 4 unspecified atom stereocenters. The lowest BCUT2D eigenvalue weighted by atomic mass is 9.82. The first kappa shape index (κ1) is 33.3. The van der Waals surface area contributed by atoms with E-state index in [-0.39, 0.29) is 32.1 Å². The smallest absolute Gasteiger partial charge is 0.359 e. The van der Waals surface area contributed by atoms with Crippen molar-refractivity contribution in [3.05, 3.63) is 0 Å². The monoisotopic (exact) mass is 536 g/mol. The van der Waals surface area contributed by atoms with Crippen LogP contribution in [0, 0.1) is 0 Å². The molecule has 0 spiro atoms. The molecule has 1 rings (SSSR count). The third kappa shape index (κ3) is 6.32. The average molecular weight is 536 g/mol. The van der Waals surface area contributed by atoms with Crippen LogP contribution in [0.5, 0.6) is 0 Å². The lowest BCUT2D eigenvalue weighted by Gasteiger charge is -2.53. The van der Waals surface area contributed by atoms with Crippen molar-refractivity contribution in [2.45, 2.75) is 140 Å². The van der Waals surface area contributed by atoms with Crippen LogP contribution < -0.4 is 0 Å². The van der Waals surface area contributed by atoms with E-state index in [2.05, 4.69) is 0 Å². The molecule has 0 aliphatic carbocycles. The fraction of sp³-hybridized carbons (Fsp3) is 1.00. The van der Waals surface area contributed by atoms with Gasteiger partial charge in [-0.2, -0.15) is 0 Å². The van der Waals surface area contributed by atoms with Crippen LogP contribution in [0.15, 0.2) is 0 Å². The second-order valence-electron chi connectivity index (χ2n) is 10.3. The Morgan fingerprint density at radius 2 is 1.40 bits per heavy atom. The van der Waals surface area contributed by atoms with Gasteiger partial charge in [-0.05, 0) is 52.9 Å². The first-order valence-electron chi connectivity index (χ1n) is 12.4. The lowest BCUT2D eigenvalue weighted by Crippen LogP contribution is -2.54. The molecule has 4 radical (unpaired) electrons. The van der Waals surface area contributed by atoms with Gasteiger partial charge in [-0.15, -0.1) is 0 Å². The summed E-state index contributed by atoms with van der Waals surface area (Å²) in [5.41, 5.74) is -2.65. The van der Waals surface area contributed by atoms with Gasteiger partial charge in [0.05, 0.1) is 28.6 Å². The van der Waals surface area contributed by atoms with Crippen LogP contribution >= 0.6 is 14.8 Å². The molecule has 1 saturated heterocycles. The fourth-order valence-corrected chi connectivity index (χ4v) is 9.15. The Labute approximate surface area is 213 Å². The molecule has 9 atom stereocenters. The maximum atomic E-state index is 14.3. The minimum absolute atomic E-state index is 0.0335. The summed E-state index contributed by atoms with van der Waals surface area (Å²) in [6.45, 7) is 13.1. The molecule has 1 fully saturated rings. The zero-order chi connectivity index (χ0) is 27.7. The van der Waals surface area contributed by atoms with E-state index in [0.717, 1.165) is 0 Å². The zero-order valence-electron chi connectivity index (χ0n) is 22.4. The predicted octanol–water partition coefficient (Wildman–Crippen LogP) is 3.59. The molecule has 1 aliphatic rings. The largest absolute Gasteiger partial charge is 0.388 e. The van der Waals surface area contributed by atoms with Gasteiger partial charge in [0, 0.05) is 12.4 Å². The highest BCUT2D eigenvalue weighted by Crippen LogP contribution is 2.70. The molecule has 202 valence electrons. The summed E-state index contributed by atoms with van der Waals surface area (Å²) in [5, 5.41) is 27.4. The Bertz CT molecular complexity index is 810. The quantitative estimate of drug-likeness (QED) is 0.194. The highest BCUT2D eigenvalue weighted by atomic mass is 31.2. The van der Waals surface area contributed by atoms with E-state index >= 15 is 0 Å². The van der Waals surface area contributed by atoms with Crippen molar-refractivity contribution in [1.82, 2.24) is 0 Å². The minimum atomic E-state index is -4.60. The average Bonchev–Trinajstić information content (AvgIpc) is 2.99. The number of aliphatic hydroxyl groups is 3. The Hall–Kier alpha value is 0.310. The summed E-state index contributed by atoms with van der Waals surface area (Å²) < 4.78 is 45.0. The molecule has 9 nitrogen and oxygen atoms in total. The van der Waals surface area contributed by atoms with Crippen molar-refractivity contribution in [3.63, 3.8) is 0 Å². The minimum Gasteiger partial charge on any atom is -0.388 e. The van der Waals surface area contributed by atoms with E-state index in [1.54, 1.807) is 48.5 Å². The van der Waals surface area contributed by atoms with Crippen molar-refractivity contribution < 1.29 is 43.1 Å². The van der Waals surface area contributed by atoms with Gasteiger partial charge in [0.15, 0.2) is 12.6 Å². The van der Waals surface area contributed by atoms with Gasteiger partial charge < -0.3 is 34.0 Å². The molecule has 1 aliphatic heterocycles. The molecule has 0 aromatic heterocycles. The maximum Gasteiger partial charge on any atom is 0.359 e. The molecule has 4 N–H and O–H groups in total. The third-order valence-electron chi connectivity index (χ3n) is 8.17. The van der Waals surface area contributed by atoms with Gasteiger partial charge in [-0.1, -0.05) is 34.6 Å². The molecule has 0 aromatic carbocycles. The Morgan fingerprint density at radius 1 is 0.886 bits per heavy atom. The summed E-state index contributed by atoms with van der Waals surface area (Å²) in [5.74, 6) is 0. The highest BCUT2D eigenvalue weighted by Gasteiger charge is 2.61. The molecule has 1 heterocycles. The Morgan fingerprint density at radius 3 is 1.74 bits per heavy atom. The van der Waals surface area contributed by atoms with E-state index < -0.39 is 60.9 Å². The van der Waals surface area contributed by atoms with Crippen LogP contribution in [-0.2, 0) is 22.9 Å². The van der Waals surface area contributed by atoms with Crippen molar-refractivity contribution in [3.8, 4) is 0 Å². The summed E-state index contributed by atoms with van der Waals surface area (Å²) >= 11 is 0. The van der Waals surface area contributed by atoms with Gasteiger partial charge in [0.25, 0.3) is 0 Å². The van der Waals surface area contributed by atoms with Gasteiger partial charge in [0.2, 0.25) is 7.57 Å². The van der Waals surface area contributed by atoms with E-state index in [0.29, 0.717) is 6.42 Å². The molecule has 0 bridgehead atoms. The number of hydrogen-bond acceptors (Lipinski definition) is 8. The molecule has 0 aromatic rings. The molecule has 35 heavy (non-hydrogen) atoms. The highest BCUT2D eigenvalue weighted by molar-refractivity contribution is 7.84. The number of ether oxygens (including phenoxy) is 1.